The monoisotopic (exact) mass is 224 g/mol. The summed E-state index contributed by atoms with van der Waals surface area (Å²) >= 11 is 1.91. The first-order valence-electron chi connectivity index (χ1n) is 6.05. The van der Waals surface area contributed by atoms with Crippen LogP contribution >= 0.6 is 11.3 Å². The van der Waals surface area contributed by atoms with E-state index < -0.39 is 0 Å². The fourth-order valence-corrected chi connectivity index (χ4v) is 3.40. The maximum atomic E-state index is 5.50. The molecular weight excluding hydrogens is 204 g/mol. The SMILES string of the molecule is NCCCc1ncc(C2CCCCC2)s1. The molecule has 0 aliphatic heterocycles. The molecule has 3 heteroatoms. The van der Waals surface area contributed by atoms with Crippen LogP contribution in [0.5, 0.6) is 0 Å². The molecule has 0 saturated heterocycles. The summed E-state index contributed by atoms with van der Waals surface area (Å²) in [5, 5.41) is 1.28. The van der Waals surface area contributed by atoms with Crippen molar-refractivity contribution in [3.05, 3.63) is 16.1 Å². The summed E-state index contributed by atoms with van der Waals surface area (Å²) in [6.07, 6.45) is 11.2. The summed E-state index contributed by atoms with van der Waals surface area (Å²) in [5.74, 6) is 0.808. The Morgan fingerprint density at radius 1 is 1.33 bits per heavy atom. The fraction of sp³-hybridized carbons (Fsp3) is 0.750. The molecule has 0 spiro atoms. The fourth-order valence-electron chi connectivity index (χ4n) is 2.27. The lowest BCUT2D eigenvalue weighted by atomic mass is 9.89. The summed E-state index contributed by atoms with van der Waals surface area (Å²) in [4.78, 5) is 6.01. The van der Waals surface area contributed by atoms with Crippen LogP contribution in [-0.2, 0) is 6.42 Å². The zero-order valence-corrected chi connectivity index (χ0v) is 10.1. The Morgan fingerprint density at radius 3 is 2.87 bits per heavy atom. The van der Waals surface area contributed by atoms with Gasteiger partial charge < -0.3 is 5.73 Å². The van der Waals surface area contributed by atoms with Gasteiger partial charge in [-0.2, -0.15) is 0 Å². The molecule has 1 saturated carbocycles. The lowest BCUT2D eigenvalue weighted by Gasteiger charge is -2.19. The second-order valence-corrected chi connectivity index (χ2v) is 5.53. The third-order valence-electron chi connectivity index (χ3n) is 3.17. The molecule has 0 unspecified atom stereocenters. The van der Waals surface area contributed by atoms with Crippen molar-refractivity contribution >= 4 is 11.3 Å². The van der Waals surface area contributed by atoms with Gasteiger partial charge >= 0.3 is 0 Å². The highest BCUT2D eigenvalue weighted by molar-refractivity contribution is 7.11. The van der Waals surface area contributed by atoms with Gasteiger partial charge in [0, 0.05) is 17.5 Å². The minimum Gasteiger partial charge on any atom is -0.330 e. The molecule has 2 nitrogen and oxygen atoms in total. The average molecular weight is 224 g/mol. The standard InChI is InChI=1S/C12H20N2S/c13-8-4-7-12-14-9-11(15-12)10-5-2-1-3-6-10/h9-10H,1-8,13H2. The molecule has 0 atom stereocenters. The molecule has 1 aliphatic carbocycles. The van der Waals surface area contributed by atoms with Crippen molar-refractivity contribution in [2.24, 2.45) is 5.73 Å². The van der Waals surface area contributed by atoms with Crippen molar-refractivity contribution in [3.63, 3.8) is 0 Å². The maximum Gasteiger partial charge on any atom is 0.0928 e. The molecule has 2 N–H and O–H groups in total. The smallest absolute Gasteiger partial charge is 0.0928 e. The van der Waals surface area contributed by atoms with Crippen molar-refractivity contribution in [1.82, 2.24) is 4.98 Å². The molecule has 15 heavy (non-hydrogen) atoms. The summed E-state index contributed by atoms with van der Waals surface area (Å²) in [7, 11) is 0. The van der Waals surface area contributed by atoms with Gasteiger partial charge in [0.05, 0.1) is 5.01 Å². The molecule has 1 aromatic heterocycles. The van der Waals surface area contributed by atoms with E-state index in [-0.39, 0.29) is 0 Å². The highest BCUT2D eigenvalue weighted by Gasteiger charge is 2.17. The van der Waals surface area contributed by atoms with Gasteiger partial charge in [-0.05, 0) is 31.7 Å². The number of nitrogens with two attached hydrogens (primary N) is 1. The minimum absolute atomic E-state index is 0.776. The molecule has 0 amide bonds. The number of nitrogens with zero attached hydrogens (tertiary/aromatic N) is 1. The number of hydrogen-bond acceptors (Lipinski definition) is 3. The van der Waals surface area contributed by atoms with E-state index in [9.17, 15) is 0 Å². The Morgan fingerprint density at radius 2 is 2.13 bits per heavy atom. The van der Waals surface area contributed by atoms with Gasteiger partial charge in [0.1, 0.15) is 0 Å². The molecule has 0 radical (unpaired) electrons. The van der Waals surface area contributed by atoms with Crippen molar-refractivity contribution < 1.29 is 0 Å². The van der Waals surface area contributed by atoms with Crippen molar-refractivity contribution in [1.29, 1.82) is 0 Å². The molecule has 1 heterocycles. The van der Waals surface area contributed by atoms with Crippen LogP contribution in [-0.4, -0.2) is 11.5 Å². The molecule has 0 aromatic carbocycles. The predicted octanol–water partition coefficient (Wildman–Crippen LogP) is 3.08. The van der Waals surface area contributed by atoms with E-state index in [1.807, 2.05) is 11.3 Å². The zero-order valence-electron chi connectivity index (χ0n) is 9.24. The highest BCUT2D eigenvalue weighted by Crippen LogP contribution is 2.35. The number of thiazole rings is 1. The first kappa shape index (κ1) is 11.1. The van der Waals surface area contributed by atoms with Crippen LogP contribution in [0.1, 0.15) is 54.3 Å². The average Bonchev–Trinajstić information content (AvgIpc) is 2.76. The molecule has 1 fully saturated rings. The Kier molecular flexibility index (Phi) is 4.15. The first-order chi connectivity index (χ1) is 7.40. The van der Waals surface area contributed by atoms with Crippen LogP contribution in [0.2, 0.25) is 0 Å². The largest absolute Gasteiger partial charge is 0.330 e. The quantitative estimate of drug-likeness (QED) is 0.853. The van der Waals surface area contributed by atoms with E-state index >= 15 is 0 Å². The Hall–Kier alpha value is -0.410. The molecule has 1 aromatic rings. The molecule has 84 valence electrons. The van der Waals surface area contributed by atoms with Crippen molar-refractivity contribution in [3.8, 4) is 0 Å². The van der Waals surface area contributed by atoms with Gasteiger partial charge in [0.25, 0.3) is 0 Å². The van der Waals surface area contributed by atoms with Crippen LogP contribution in [0, 0.1) is 0 Å². The number of aryl methyl sites for hydroxylation is 1. The Bertz CT molecular complexity index is 290. The second-order valence-electron chi connectivity index (χ2n) is 4.38. The maximum absolute atomic E-state index is 5.50. The van der Waals surface area contributed by atoms with E-state index in [0.29, 0.717) is 0 Å². The van der Waals surface area contributed by atoms with Gasteiger partial charge in [0.2, 0.25) is 0 Å². The molecule has 1 aliphatic rings. The van der Waals surface area contributed by atoms with E-state index in [1.165, 1.54) is 42.0 Å². The topological polar surface area (TPSA) is 38.9 Å². The van der Waals surface area contributed by atoms with E-state index in [1.54, 1.807) is 0 Å². The number of hydrogen-bond donors (Lipinski definition) is 1. The minimum atomic E-state index is 0.776. The number of aromatic nitrogens is 1. The zero-order chi connectivity index (χ0) is 10.5. The third-order valence-corrected chi connectivity index (χ3v) is 4.39. The van der Waals surface area contributed by atoms with Crippen molar-refractivity contribution in [2.45, 2.75) is 50.9 Å². The third kappa shape index (κ3) is 3.02. The predicted molar refractivity (Wildman–Crippen MR) is 65.3 cm³/mol. The Labute approximate surface area is 95.9 Å². The summed E-state index contributed by atoms with van der Waals surface area (Å²) < 4.78 is 0. The normalized spacial score (nSPS) is 18.2. The second kappa shape index (κ2) is 5.61. The molecule has 0 bridgehead atoms. The lowest BCUT2D eigenvalue weighted by molar-refractivity contribution is 0.448. The summed E-state index contributed by atoms with van der Waals surface area (Å²) in [5.41, 5.74) is 5.50. The van der Waals surface area contributed by atoms with Crippen LogP contribution in [0.3, 0.4) is 0 Å². The van der Waals surface area contributed by atoms with Crippen LogP contribution in [0.25, 0.3) is 0 Å². The van der Waals surface area contributed by atoms with Crippen molar-refractivity contribution in [2.75, 3.05) is 6.54 Å². The van der Waals surface area contributed by atoms with Crippen LogP contribution in [0.4, 0.5) is 0 Å². The van der Waals surface area contributed by atoms with E-state index in [4.69, 9.17) is 5.73 Å². The Balaban J connectivity index is 1.93. The van der Waals surface area contributed by atoms with Gasteiger partial charge in [-0.15, -0.1) is 11.3 Å². The van der Waals surface area contributed by atoms with Gasteiger partial charge in [0.15, 0.2) is 0 Å². The first-order valence-corrected chi connectivity index (χ1v) is 6.86. The summed E-state index contributed by atoms with van der Waals surface area (Å²) in [6, 6.07) is 0. The van der Waals surface area contributed by atoms with Gasteiger partial charge in [-0.25, -0.2) is 4.98 Å². The van der Waals surface area contributed by atoms with Crippen LogP contribution < -0.4 is 5.73 Å². The van der Waals surface area contributed by atoms with Gasteiger partial charge in [-0.3, -0.25) is 0 Å². The summed E-state index contributed by atoms with van der Waals surface area (Å²) in [6.45, 7) is 0.776. The van der Waals surface area contributed by atoms with E-state index in [2.05, 4.69) is 11.2 Å². The molecule has 2 rings (SSSR count). The van der Waals surface area contributed by atoms with Gasteiger partial charge in [-0.1, -0.05) is 19.3 Å². The molecular formula is C12H20N2S. The van der Waals surface area contributed by atoms with Crippen LogP contribution in [0.15, 0.2) is 6.20 Å². The highest BCUT2D eigenvalue weighted by atomic mass is 32.1. The van der Waals surface area contributed by atoms with E-state index in [0.717, 1.165) is 25.3 Å². The number of rotatable bonds is 4. The lowest BCUT2D eigenvalue weighted by Crippen LogP contribution is -2.02.